The zero-order chi connectivity index (χ0) is 11.4. The number of nitrogens with one attached hydrogen (secondary N) is 1. The molecular formula is C12H16N2O2. The van der Waals surface area contributed by atoms with E-state index >= 15 is 0 Å². The van der Waals surface area contributed by atoms with Crippen molar-refractivity contribution >= 4 is 11.6 Å². The van der Waals surface area contributed by atoms with E-state index in [1.54, 1.807) is 0 Å². The number of ether oxygens (including phenoxy) is 1. The predicted molar refractivity (Wildman–Crippen MR) is 61.9 cm³/mol. The summed E-state index contributed by atoms with van der Waals surface area (Å²) in [7, 11) is 0. The van der Waals surface area contributed by atoms with Gasteiger partial charge in [-0.3, -0.25) is 4.79 Å². The Morgan fingerprint density at radius 2 is 2.06 bits per heavy atom. The number of benzene rings is 1. The molecule has 4 nitrogen and oxygen atoms in total. The van der Waals surface area contributed by atoms with E-state index in [1.165, 1.54) is 0 Å². The highest BCUT2D eigenvalue weighted by atomic mass is 16.5. The quantitative estimate of drug-likeness (QED) is 0.735. The van der Waals surface area contributed by atoms with Gasteiger partial charge in [0.25, 0.3) is 0 Å². The van der Waals surface area contributed by atoms with Crippen LogP contribution in [0, 0.1) is 0 Å². The molecule has 0 aliphatic carbocycles. The van der Waals surface area contributed by atoms with Crippen LogP contribution in [-0.2, 0) is 16.0 Å². The lowest BCUT2D eigenvalue weighted by Crippen LogP contribution is -2.48. The molecule has 0 saturated carbocycles. The second-order valence-electron chi connectivity index (χ2n) is 4.04. The van der Waals surface area contributed by atoms with Crippen molar-refractivity contribution in [3.63, 3.8) is 0 Å². The number of anilines is 1. The maximum Gasteiger partial charge on any atom is 0.220 e. The lowest BCUT2D eigenvalue weighted by Gasteiger charge is -2.26. The summed E-state index contributed by atoms with van der Waals surface area (Å²) in [6, 6.07) is 7.84. The maximum atomic E-state index is 11.5. The summed E-state index contributed by atoms with van der Waals surface area (Å²) in [6.45, 7) is 1.29. The summed E-state index contributed by atoms with van der Waals surface area (Å²) in [5, 5.41) is 2.91. The van der Waals surface area contributed by atoms with E-state index in [4.69, 9.17) is 10.5 Å². The molecule has 0 bridgehead atoms. The molecule has 86 valence electrons. The number of hydrogen-bond acceptors (Lipinski definition) is 3. The molecule has 1 amide bonds. The van der Waals surface area contributed by atoms with Crippen molar-refractivity contribution in [1.29, 1.82) is 0 Å². The number of nitrogen functional groups attached to an aromatic ring is 1. The van der Waals surface area contributed by atoms with E-state index in [1.807, 2.05) is 24.3 Å². The van der Waals surface area contributed by atoms with Gasteiger partial charge in [0.2, 0.25) is 5.91 Å². The third kappa shape index (κ3) is 2.97. The molecule has 4 heteroatoms. The van der Waals surface area contributed by atoms with Crippen molar-refractivity contribution in [3.05, 3.63) is 29.8 Å². The van der Waals surface area contributed by atoms with Gasteiger partial charge < -0.3 is 15.8 Å². The minimum atomic E-state index is 0.0881. The average Bonchev–Trinajstić information content (AvgIpc) is 2.23. The Bertz CT molecular complexity index is 358. The summed E-state index contributed by atoms with van der Waals surface area (Å²) >= 11 is 0. The van der Waals surface area contributed by atoms with Crippen LogP contribution in [0.15, 0.2) is 24.3 Å². The van der Waals surface area contributed by atoms with Gasteiger partial charge >= 0.3 is 0 Å². The van der Waals surface area contributed by atoms with Crippen molar-refractivity contribution in [2.45, 2.75) is 18.9 Å². The lowest BCUT2D eigenvalue weighted by atomic mass is 10.1. The van der Waals surface area contributed by atoms with Gasteiger partial charge in [-0.1, -0.05) is 12.1 Å². The Morgan fingerprint density at radius 1 is 1.38 bits per heavy atom. The normalized spacial score (nSPS) is 15.5. The topological polar surface area (TPSA) is 64.4 Å². The molecule has 0 unspecified atom stereocenters. The first kappa shape index (κ1) is 11.0. The largest absolute Gasteiger partial charge is 0.399 e. The molecule has 1 heterocycles. The zero-order valence-corrected chi connectivity index (χ0v) is 9.11. The molecule has 1 aliphatic heterocycles. The molecule has 1 aliphatic rings. The van der Waals surface area contributed by atoms with E-state index < -0.39 is 0 Å². The van der Waals surface area contributed by atoms with Gasteiger partial charge in [-0.25, -0.2) is 0 Å². The SMILES string of the molecule is Nc1ccc(CCC(=O)NC2COC2)cc1. The van der Waals surface area contributed by atoms with Crippen molar-refractivity contribution in [2.75, 3.05) is 18.9 Å². The smallest absolute Gasteiger partial charge is 0.220 e. The van der Waals surface area contributed by atoms with Crippen LogP contribution in [0.3, 0.4) is 0 Å². The molecule has 1 aromatic rings. The summed E-state index contributed by atoms with van der Waals surface area (Å²) in [6.07, 6.45) is 1.26. The first-order valence-electron chi connectivity index (χ1n) is 5.45. The van der Waals surface area contributed by atoms with Crippen molar-refractivity contribution in [3.8, 4) is 0 Å². The summed E-state index contributed by atoms with van der Waals surface area (Å²) in [4.78, 5) is 11.5. The number of aryl methyl sites for hydroxylation is 1. The average molecular weight is 220 g/mol. The Morgan fingerprint density at radius 3 is 2.62 bits per heavy atom. The van der Waals surface area contributed by atoms with Gasteiger partial charge in [0.1, 0.15) is 0 Å². The Kier molecular flexibility index (Phi) is 3.41. The van der Waals surface area contributed by atoms with Gasteiger partial charge in [0.15, 0.2) is 0 Å². The second-order valence-corrected chi connectivity index (χ2v) is 4.04. The summed E-state index contributed by atoms with van der Waals surface area (Å²) < 4.78 is 4.98. The fourth-order valence-corrected chi connectivity index (χ4v) is 1.56. The van der Waals surface area contributed by atoms with E-state index in [2.05, 4.69) is 5.32 Å². The highest BCUT2D eigenvalue weighted by Crippen LogP contribution is 2.08. The van der Waals surface area contributed by atoms with Crippen LogP contribution < -0.4 is 11.1 Å². The number of nitrogens with two attached hydrogens (primary N) is 1. The number of amides is 1. The molecule has 3 N–H and O–H groups in total. The predicted octanol–water partition coefficient (Wildman–Crippen LogP) is 0.716. The fraction of sp³-hybridized carbons (Fsp3) is 0.417. The monoisotopic (exact) mass is 220 g/mol. The Hall–Kier alpha value is -1.55. The van der Waals surface area contributed by atoms with E-state index in [-0.39, 0.29) is 11.9 Å². The van der Waals surface area contributed by atoms with Crippen molar-refractivity contribution in [1.82, 2.24) is 5.32 Å². The first-order valence-corrected chi connectivity index (χ1v) is 5.45. The van der Waals surface area contributed by atoms with Crippen LogP contribution in [0.1, 0.15) is 12.0 Å². The number of carbonyl (C=O) groups is 1. The van der Waals surface area contributed by atoms with Crippen LogP contribution in [0.5, 0.6) is 0 Å². The Balaban J connectivity index is 1.73. The number of carbonyl (C=O) groups excluding carboxylic acids is 1. The van der Waals surface area contributed by atoms with Gasteiger partial charge in [-0.05, 0) is 24.1 Å². The van der Waals surface area contributed by atoms with Crippen LogP contribution in [0.2, 0.25) is 0 Å². The van der Waals surface area contributed by atoms with Crippen LogP contribution in [-0.4, -0.2) is 25.2 Å². The molecule has 16 heavy (non-hydrogen) atoms. The minimum Gasteiger partial charge on any atom is -0.399 e. The lowest BCUT2D eigenvalue weighted by molar-refractivity contribution is -0.125. The van der Waals surface area contributed by atoms with Crippen LogP contribution in [0.25, 0.3) is 0 Å². The molecule has 1 saturated heterocycles. The molecule has 0 spiro atoms. The summed E-state index contributed by atoms with van der Waals surface area (Å²) in [5.74, 6) is 0.0881. The molecule has 1 fully saturated rings. The van der Waals surface area contributed by atoms with Crippen molar-refractivity contribution in [2.24, 2.45) is 0 Å². The summed E-state index contributed by atoms with van der Waals surface area (Å²) in [5.41, 5.74) is 7.46. The van der Waals surface area contributed by atoms with Gasteiger partial charge in [0, 0.05) is 12.1 Å². The van der Waals surface area contributed by atoms with Gasteiger partial charge in [-0.2, -0.15) is 0 Å². The zero-order valence-electron chi connectivity index (χ0n) is 9.11. The number of hydrogen-bond donors (Lipinski definition) is 2. The third-order valence-electron chi connectivity index (χ3n) is 2.62. The number of rotatable bonds is 4. The molecule has 0 atom stereocenters. The standard InChI is InChI=1S/C12H16N2O2/c13-10-4-1-9(2-5-10)3-6-12(15)14-11-7-16-8-11/h1-2,4-5,11H,3,6-8,13H2,(H,14,15). The molecule has 0 aromatic heterocycles. The second kappa shape index (κ2) is 4.99. The fourth-order valence-electron chi connectivity index (χ4n) is 1.56. The van der Waals surface area contributed by atoms with Crippen LogP contribution in [0.4, 0.5) is 5.69 Å². The van der Waals surface area contributed by atoms with Gasteiger partial charge in [0.05, 0.1) is 19.3 Å². The van der Waals surface area contributed by atoms with Crippen LogP contribution >= 0.6 is 0 Å². The van der Waals surface area contributed by atoms with Crippen molar-refractivity contribution < 1.29 is 9.53 Å². The van der Waals surface area contributed by atoms with E-state index in [0.717, 1.165) is 17.7 Å². The molecule has 1 aromatic carbocycles. The highest BCUT2D eigenvalue weighted by Gasteiger charge is 2.19. The van der Waals surface area contributed by atoms with Gasteiger partial charge in [-0.15, -0.1) is 0 Å². The molecule has 0 radical (unpaired) electrons. The molecule has 2 rings (SSSR count). The third-order valence-corrected chi connectivity index (χ3v) is 2.62. The highest BCUT2D eigenvalue weighted by molar-refractivity contribution is 5.76. The Labute approximate surface area is 94.8 Å². The first-order chi connectivity index (χ1) is 7.74. The van der Waals surface area contributed by atoms with E-state index in [9.17, 15) is 4.79 Å². The molecular weight excluding hydrogens is 204 g/mol. The van der Waals surface area contributed by atoms with E-state index in [0.29, 0.717) is 19.6 Å². The minimum absolute atomic E-state index is 0.0881. The maximum absolute atomic E-state index is 11.5.